The quantitative estimate of drug-likeness (QED) is 0.736. The van der Waals surface area contributed by atoms with E-state index in [0.29, 0.717) is 27.7 Å². The van der Waals surface area contributed by atoms with Crippen LogP contribution in [0.3, 0.4) is 0 Å². The highest BCUT2D eigenvalue weighted by molar-refractivity contribution is 7.80. The van der Waals surface area contributed by atoms with Crippen LogP contribution in [0.2, 0.25) is 5.02 Å². The lowest BCUT2D eigenvalue weighted by molar-refractivity contribution is 0.0994. The van der Waals surface area contributed by atoms with Crippen molar-refractivity contribution < 1.29 is 9.53 Å². The molecular formula is C19H23ClN4O2S2. The van der Waals surface area contributed by atoms with Gasteiger partial charge in [0.1, 0.15) is 10.8 Å². The number of carbonyl (C=O) groups excluding carboxylic acids is 1. The van der Waals surface area contributed by atoms with Crippen molar-refractivity contribution in [2.75, 3.05) is 7.11 Å². The summed E-state index contributed by atoms with van der Waals surface area (Å²) in [5.74, 6) is 0.0279. The Morgan fingerprint density at radius 2 is 2.25 bits per heavy atom. The summed E-state index contributed by atoms with van der Waals surface area (Å²) < 4.78 is 7.08. The third-order valence-corrected chi connectivity index (χ3v) is 6.26. The van der Waals surface area contributed by atoms with E-state index in [1.54, 1.807) is 22.9 Å². The van der Waals surface area contributed by atoms with Crippen molar-refractivity contribution in [1.82, 2.24) is 15.1 Å². The third-order valence-electron chi connectivity index (χ3n) is 4.33. The van der Waals surface area contributed by atoms with Crippen LogP contribution in [0.15, 0.2) is 23.2 Å². The number of carbonyl (C=O) groups is 1. The van der Waals surface area contributed by atoms with E-state index in [1.165, 1.54) is 18.4 Å². The smallest absolute Gasteiger partial charge is 0.283 e. The first kappa shape index (κ1) is 21.0. The molecule has 150 valence electrons. The van der Waals surface area contributed by atoms with E-state index in [9.17, 15) is 4.79 Å². The highest BCUT2D eigenvalue weighted by Crippen LogP contribution is 2.24. The first-order valence-electron chi connectivity index (χ1n) is 8.98. The molecule has 0 radical (unpaired) electrons. The number of benzene rings is 1. The van der Waals surface area contributed by atoms with Crippen LogP contribution in [0.4, 0.5) is 0 Å². The Bertz CT molecular complexity index is 975. The fourth-order valence-electron chi connectivity index (χ4n) is 2.83. The Hall–Kier alpha value is -1.77. The maximum atomic E-state index is 12.9. The van der Waals surface area contributed by atoms with Crippen molar-refractivity contribution in [1.29, 1.82) is 0 Å². The highest BCUT2D eigenvalue weighted by atomic mass is 35.5. The Kier molecular flexibility index (Phi) is 6.21. The number of nitrogens with one attached hydrogen (secondary N) is 1. The zero-order chi connectivity index (χ0) is 20.5. The number of hydrogen-bond donors (Lipinski definition) is 1. The summed E-state index contributed by atoms with van der Waals surface area (Å²) in [6.45, 7) is 6.87. The number of methoxy groups -OCH3 is 1. The van der Waals surface area contributed by atoms with Gasteiger partial charge in [0.15, 0.2) is 0 Å². The van der Waals surface area contributed by atoms with E-state index in [1.807, 2.05) is 0 Å². The second-order valence-corrected chi connectivity index (χ2v) is 9.57. The van der Waals surface area contributed by atoms with Gasteiger partial charge in [-0.25, -0.2) is 4.68 Å². The summed E-state index contributed by atoms with van der Waals surface area (Å²) in [7, 11) is 1.51. The molecule has 0 spiro atoms. The average molecular weight is 439 g/mol. The topological polar surface area (TPSA) is 68.5 Å². The second-order valence-electron chi connectivity index (χ2n) is 7.69. The number of amides is 1. The molecule has 3 rings (SSSR count). The predicted molar refractivity (Wildman–Crippen MR) is 115 cm³/mol. The van der Waals surface area contributed by atoms with E-state index in [-0.39, 0.29) is 11.5 Å². The molecular weight excluding hydrogens is 416 g/mol. The molecule has 2 heterocycles. The van der Waals surface area contributed by atoms with Gasteiger partial charge in [0, 0.05) is 16.5 Å². The summed E-state index contributed by atoms with van der Waals surface area (Å²) in [5, 5.41) is 9.39. The molecule has 1 aromatic heterocycles. The van der Waals surface area contributed by atoms with Crippen molar-refractivity contribution in [3.63, 3.8) is 0 Å². The largest absolute Gasteiger partial charge is 0.496 e. The maximum Gasteiger partial charge on any atom is 0.283 e. The SMILES string of the molecule is COc1ccc(Cl)cc1C(=O)/N=c1\sc(C(C)(C)C)nn1C[C@H]1CCC(=S)N1. The van der Waals surface area contributed by atoms with Crippen molar-refractivity contribution in [3.05, 3.63) is 38.6 Å². The summed E-state index contributed by atoms with van der Waals surface area (Å²) in [4.78, 5) is 18.6. The van der Waals surface area contributed by atoms with Crippen LogP contribution in [0.5, 0.6) is 5.75 Å². The van der Waals surface area contributed by atoms with Crippen LogP contribution in [0.25, 0.3) is 0 Å². The number of ether oxygens (including phenoxy) is 1. The van der Waals surface area contributed by atoms with Crippen LogP contribution in [0.1, 0.15) is 49.0 Å². The number of nitrogens with zero attached hydrogens (tertiary/aromatic N) is 3. The van der Waals surface area contributed by atoms with Gasteiger partial charge in [-0.15, -0.1) is 0 Å². The molecule has 1 aliphatic heterocycles. The van der Waals surface area contributed by atoms with Gasteiger partial charge < -0.3 is 10.1 Å². The van der Waals surface area contributed by atoms with Gasteiger partial charge in [-0.2, -0.15) is 10.1 Å². The van der Waals surface area contributed by atoms with Crippen molar-refractivity contribution in [3.8, 4) is 5.75 Å². The average Bonchev–Trinajstić information content (AvgIpc) is 3.21. The Labute approximate surface area is 178 Å². The van der Waals surface area contributed by atoms with Crippen LogP contribution in [0, 0.1) is 0 Å². The molecule has 0 aliphatic carbocycles. The normalized spacial score (nSPS) is 17.7. The lowest BCUT2D eigenvalue weighted by Gasteiger charge is -2.14. The minimum atomic E-state index is -0.410. The standard InChI is InChI=1S/C19H23ClN4O2S2/c1-19(2,3)17-23-24(10-12-6-8-15(27)21-12)18(28-17)22-16(25)13-9-11(20)5-7-14(13)26-4/h5,7,9,12H,6,8,10H2,1-4H3,(H,21,27)/b22-18-/t12-/m1/s1. The molecule has 1 saturated heterocycles. The minimum Gasteiger partial charge on any atom is -0.496 e. The van der Waals surface area contributed by atoms with Crippen molar-refractivity contribution >= 4 is 46.1 Å². The summed E-state index contributed by atoms with van der Waals surface area (Å²) in [6.07, 6.45) is 1.83. The van der Waals surface area contributed by atoms with E-state index < -0.39 is 5.91 Å². The van der Waals surface area contributed by atoms with E-state index in [0.717, 1.165) is 22.8 Å². The molecule has 1 aromatic carbocycles. The molecule has 1 atom stereocenters. The highest BCUT2D eigenvalue weighted by Gasteiger charge is 2.24. The predicted octanol–water partition coefficient (Wildman–Crippen LogP) is 3.72. The van der Waals surface area contributed by atoms with Crippen LogP contribution >= 0.6 is 35.2 Å². The lowest BCUT2D eigenvalue weighted by Crippen LogP contribution is -2.33. The molecule has 6 nitrogen and oxygen atoms in total. The number of halogens is 1. The van der Waals surface area contributed by atoms with Crippen molar-refractivity contribution in [2.45, 2.75) is 51.6 Å². The Morgan fingerprint density at radius 3 is 2.86 bits per heavy atom. The zero-order valence-corrected chi connectivity index (χ0v) is 18.7. The zero-order valence-electron chi connectivity index (χ0n) is 16.3. The molecule has 0 unspecified atom stereocenters. The second kappa shape index (κ2) is 8.31. The molecule has 1 N–H and O–H groups in total. The Morgan fingerprint density at radius 1 is 1.50 bits per heavy atom. The molecule has 1 fully saturated rings. The molecule has 0 bridgehead atoms. The van der Waals surface area contributed by atoms with Gasteiger partial charge in [-0.1, -0.05) is 55.9 Å². The van der Waals surface area contributed by atoms with Gasteiger partial charge in [-0.05, 0) is 31.0 Å². The first-order chi connectivity index (χ1) is 13.2. The fourth-order valence-corrected chi connectivity index (χ4v) is 4.26. The Balaban J connectivity index is 2.01. The minimum absolute atomic E-state index is 0.143. The lowest BCUT2D eigenvalue weighted by atomic mass is 9.98. The van der Waals surface area contributed by atoms with Gasteiger partial charge >= 0.3 is 0 Å². The molecule has 9 heteroatoms. The van der Waals surface area contributed by atoms with E-state index in [4.69, 9.17) is 33.7 Å². The first-order valence-corrected chi connectivity index (χ1v) is 10.6. The monoisotopic (exact) mass is 438 g/mol. The maximum absolute atomic E-state index is 12.9. The van der Waals surface area contributed by atoms with Gasteiger partial charge in [-0.3, -0.25) is 4.79 Å². The van der Waals surface area contributed by atoms with Gasteiger partial charge in [0.2, 0.25) is 4.80 Å². The van der Waals surface area contributed by atoms with Crippen LogP contribution in [-0.2, 0) is 12.0 Å². The van der Waals surface area contributed by atoms with Gasteiger partial charge in [0.05, 0.1) is 24.2 Å². The summed E-state index contributed by atoms with van der Waals surface area (Å²) in [5.41, 5.74) is 0.183. The third kappa shape index (κ3) is 4.79. The molecule has 28 heavy (non-hydrogen) atoms. The van der Waals surface area contributed by atoms with Crippen LogP contribution in [-0.4, -0.2) is 33.8 Å². The van der Waals surface area contributed by atoms with E-state index in [2.05, 4.69) is 31.1 Å². The van der Waals surface area contributed by atoms with Crippen LogP contribution < -0.4 is 14.9 Å². The number of hydrogen-bond acceptors (Lipinski definition) is 5. The fraction of sp³-hybridized carbons (Fsp3) is 0.474. The van der Waals surface area contributed by atoms with E-state index >= 15 is 0 Å². The summed E-state index contributed by atoms with van der Waals surface area (Å²) in [6, 6.07) is 5.10. The van der Waals surface area contributed by atoms with Crippen molar-refractivity contribution in [2.24, 2.45) is 4.99 Å². The number of aromatic nitrogens is 2. The number of rotatable bonds is 4. The molecule has 1 aliphatic rings. The van der Waals surface area contributed by atoms with Gasteiger partial charge in [0.25, 0.3) is 5.91 Å². The number of thiocarbonyl (C=S) groups is 1. The summed E-state index contributed by atoms with van der Waals surface area (Å²) >= 11 is 12.7. The molecule has 2 aromatic rings. The molecule has 1 amide bonds. The molecule has 0 saturated carbocycles.